The molecule has 1 rings (SSSR count). The lowest BCUT2D eigenvalue weighted by Crippen LogP contribution is -2.19. The van der Waals surface area contributed by atoms with E-state index in [1.54, 1.807) is 0 Å². The van der Waals surface area contributed by atoms with Gasteiger partial charge in [-0.3, -0.25) is 4.79 Å². The molecule has 0 aromatic carbocycles. The summed E-state index contributed by atoms with van der Waals surface area (Å²) in [6.45, 7) is 6.56. The monoisotopic (exact) mass is 209 g/mol. The van der Waals surface area contributed by atoms with Crippen LogP contribution in [0.4, 0.5) is 0 Å². The second-order valence-corrected chi connectivity index (χ2v) is 4.19. The number of rotatable bonds is 5. The quantitative estimate of drug-likeness (QED) is 0.790. The molecule has 4 heteroatoms. The summed E-state index contributed by atoms with van der Waals surface area (Å²) in [5.41, 5.74) is 6.22. The molecule has 4 nitrogen and oxygen atoms in total. The third-order valence-corrected chi connectivity index (χ3v) is 2.17. The van der Waals surface area contributed by atoms with Gasteiger partial charge in [0.2, 0.25) is 5.91 Å². The largest absolute Gasteiger partial charge is 0.368 e. The van der Waals surface area contributed by atoms with Crippen LogP contribution in [-0.4, -0.2) is 15.5 Å². The molecule has 0 aliphatic rings. The molecule has 0 atom stereocenters. The number of imidazole rings is 1. The van der Waals surface area contributed by atoms with Crippen molar-refractivity contribution in [3.8, 4) is 0 Å². The van der Waals surface area contributed by atoms with Gasteiger partial charge in [-0.2, -0.15) is 0 Å². The molecular weight excluding hydrogens is 190 g/mol. The normalized spacial score (nSPS) is 10.9. The summed E-state index contributed by atoms with van der Waals surface area (Å²) in [5.74, 6) is 1.19. The molecule has 0 saturated carbocycles. The van der Waals surface area contributed by atoms with Crippen molar-refractivity contribution in [1.82, 2.24) is 9.55 Å². The van der Waals surface area contributed by atoms with Crippen molar-refractivity contribution in [2.75, 3.05) is 0 Å². The Morgan fingerprint density at radius 1 is 1.60 bits per heavy atom. The maximum Gasteiger partial charge on any atom is 0.237 e. The van der Waals surface area contributed by atoms with Gasteiger partial charge >= 0.3 is 0 Å². The molecule has 0 bridgehead atoms. The molecule has 1 amide bonds. The summed E-state index contributed by atoms with van der Waals surface area (Å²) in [6.07, 6.45) is 3.70. The van der Waals surface area contributed by atoms with Crippen LogP contribution in [-0.2, 0) is 24.2 Å². The van der Waals surface area contributed by atoms with Crippen LogP contribution in [0.1, 0.15) is 32.3 Å². The molecule has 2 N–H and O–H groups in total. The van der Waals surface area contributed by atoms with Crippen molar-refractivity contribution < 1.29 is 4.79 Å². The standard InChI is InChI=1S/C11H19N3O/c1-4-11-13-9(5-8(2)3)6-14(11)7-10(12)15/h6,8H,4-5,7H2,1-3H3,(H2,12,15). The molecule has 1 aromatic rings. The highest BCUT2D eigenvalue weighted by atomic mass is 16.1. The van der Waals surface area contributed by atoms with Gasteiger partial charge in [-0.1, -0.05) is 20.8 Å². The molecule has 0 saturated heterocycles. The topological polar surface area (TPSA) is 60.9 Å². The van der Waals surface area contributed by atoms with Crippen molar-refractivity contribution in [3.63, 3.8) is 0 Å². The highest BCUT2D eigenvalue weighted by Gasteiger charge is 2.09. The van der Waals surface area contributed by atoms with E-state index in [0.717, 1.165) is 24.4 Å². The van der Waals surface area contributed by atoms with Gasteiger partial charge in [-0.15, -0.1) is 0 Å². The van der Waals surface area contributed by atoms with Crippen molar-refractivity contribution in [1.29, 1.82) is 0 Å². The lowest BCUT2D eigenvalue weighted by Gasteiger charge is -2.01. The molecule has 1 aromatic heterocycles. The zero-order valence-electron chi connectivity index (χ0n) is 9.66. The summed E-state index contributed by atoms with van der Waals surface area (Å²) >= 11 is 0. The summed E-state index contributed by atoms with van der Waals surface area (Å²) in [4.78, 5) is 15.3. The van der Waals surface area contributed by atoms with Crippen LogP contribution in [0.3, 0.4) is 0 Å². The van der Waals surface area contributed by atoms with Crippen LogP contribution in [0.5, 0.6) is 0 Å². The summed E-state index contributed by atoms with van der Waals surface area (Å²) in [7, 11) is 0. The maximum absolute atomic E-state index is 10.8. The average Bonchev–Trinajstić information content (AvgIpc) is 2.45. The number of carbonyl (C=O) groups excluding carboxylic acids is 1. The zero-order chi connectivity index (χ0) is 11.4. The third kappa shape index (κ3) is 3.38. The summed E-state index contributed by atoms with van der Waals surface area (Å²) in [5, 5.41) is 0. The minimum absolute atomic E-state index is 0.230. The lowest BCUT2D eigenvalue weighted by molar-refractivity contribution is -0.118. The van der Waals surface area contributed by atoms with Gasteiger partial charge in [0.15, 0.2) is 0 Å². The Kier molecular flexibility index (Phi) is 3.88. The first-order valence-electron chi connectivity index (χ1n) is 5.36. The van der Waals surface area contributed by atoms with Gasteiger partial charge in [-0.05, 0) is 12.3 Å². The molecule has 0 radical (unpaired) electrons. The maximum atomic E-state index is 10.8. The fraction of sp³-hybridized carbons (Fsp3) is 0.636. The number of nitrogens with zero attached hydrogens (tertiary/aromatic N) is 2. The number of carbonyl (C=O) groups is 1. The number of primary amides is 1. The molecule has 84 valence electrons. The van der Waals surface area contributed by atoms with E-state index >= 15 is 0 Å². The minimum atomic E-state index is -0.321. The second-order valence-electron chi connectivity index (χ2n) is 4.19. The molecule has 15 heavy (non-hydrogen) atoms. The van der Waals surface area contributed by atoms with E-state index in [9.17, 15) is 4.79 Å². The summed E-state index contributed by atoms with van der Waals surface area (Å²) < 4.78 is 1.85. The average molecular weight is 209 g/mol. The Labute approximate surface area is 90.5 Å². The van der Waals surface area contributed by atoms with Crippen LogP contribution in [0.2, 0.25) is 0 Å². The lowest BCUT2D eigenvalue weighted by atomic mass is 10.1. The molecule has 0 aliphatic heterocycles. The highest BCUT2D eigenvalue weighted by molar-refractivity contribution is 5.73. The Hall–Kier alpha value is -1.32. The van der Waals surface area contributed by atoms with Gasteiger partial charge in [0.25, 0.3) is 0 Å². The first-order valence-corrected chi connectivity index (χ1v) is 5.36. The van der Waals surface area contributed by atoms with Gasteiger partial charge in [0, 0.05) is 12.6 Å². The Morgan fingerprint density at radius 2 is 2.27 bits per heavy atom. The molecule has 0 unspecified atom stereocenters. The Bertz CT molecular complexity index is 342. The van der Waals surface area contributed by atoms with Crippen molar-refractivity contribution >= 4 is 5.91 Å². The summed E-state index contributed by atoms with van der Waals surface area (Å²) in [6, 6.07) is 0. The van der Waals surface area contributed by atoms with Crippen molar-refractivity contribution in [3.05, 3.63) is 17.7 Å². The van der Waals surface area contributed by atoms with E-state index in [-0.39, 0.29) is 12.5 Å². The smallest absolute Gasteiger partial charge is 0.237 e. The van der Waals surface area contributed by atoms with E-state index in [1.165, 1.54) is 0 Å². The van der Waals surface area contributed by atoms with E-state index in [1.807, 2.05) is 17.7 Å². The minimum Gasteiger partial charge on any atom is -0.368 e. The number of aromatic nitrogens is 2. The predicted octanol–water partition coefficient (Wildman–Crippen LogP) is 1.13. The van der Waals surface area contributed by atoms with Gasteiger partial charge in [0.1, 0.15) is 12.4 Å². The van der Waals surface area contributed by atoms with Crippen LogP contribution in [0.15, 0.2) is 6.20 Å². The zero-order valence-corrected chi connectivity index (χ0v) is 9.66. The van der Waals surface area contributed by atoms with Crippen LogP contribution >= 0.6 is 0 Å². The van der Waals surface area contributed by atoms with E-state index < -0.39 is 0 Å². The van der Waals surface area contributed by atoms with E-state index in [4.69, 9.17) is 5.73 Å². The molecule has 0 spiro atoms. The van der Waals surface area contributed by atoms with Gasteiger partial charge in [0.05, 0.1) is 5.69 Å². The van der Waals surface area contributed by atoms with Gasteiger partial charge < -0.3 is 10.3 Å². The predicted molar refractivity (Wildman–Crippen MR) is 59.3 cm³/mol. The number of nitrogens with two attached hydrogens (primary N) is 1. The van der Waals surface area contributed by atoms with Crippen LogP contribution in [0, 0.1) is 5.92 Å². The first-order chi connectivity index (χ1) is 7.02. The highest BCUT2D eigenvalue weighted by Crippen LogP contribution is 2.09. The van der Waals surface area contributed by atoms with Crippen LogP contribution < -0.4 is 5.73 Å². The van der Waals surface area contributed by atoms with Crippen LogP contribution in [0.25, 0.3) is 0 Å². The molecular formula is C11H19N3O. The number of hydrogen-bond donors (Lipinski definition) is 1. The molecule has 1 heterocycles. The molecule has 0 aliphatic carbocycles. The SMILES string of the molecule is CCc1nc(CC(C)C)cn1CC(N)=O. The van der Waals surface area contributed by atoms with Gasteiger partial charge in [-0.25, -0.2) is 4.98 Å². The van der Waals surface area contributed by atoms with Crippen molar-refractivity contribution in [2.24, 2.45) is 11.7 Å². The number of amides is 1. The number of hydrogen-bond acceptors (Lipinski definition) is 2. The van der Waals surface area contributed by atoms with E-state index in [2.05, 4.69) is 18.8 Å². The fourth-order valence-electron chi connectivity index (χ4n) is 1.62. The third-order valence-electron chi connectivity index (χ3n) is 2.17. The Balaban J connectivity index is 2.84. The fourth-order valence-corrected chi connectivity index (χ4v) is 1.62. The Morgan fingerprint density at radius 3 is 2.73 bits per heavy atom. The van der Waals surface area contributed by atoms with E-state index in [0.29, 0.717) is 5.92 Å². The first kappa shape index (κ1) is 11.8. The number of aryl methyl sites for hydroxylation is 1. The molecule has 0 fully saturated rings. The second kappa shape index (κ2) is 4.96. The van der Waals surface area contributed by atoms with Crippen molar-refractivity contribution in [2.45, 2.75) is 40.2 Å².